The van der Waals surface area contributed by atoms with Gasteiger partial charge in [0.05, 0.1) is 0 Å². The first-order valence-corrected chi connectivity index (χ1v) is 11.5. The monoisotopic (exact) mass is 453 g/mol. The molecule has 1 heterocycles. The Kier molecular flexibility index (Phi) is 7.11. The van der Waals surface area contributed by atoms with Crippen LogP contribution in [0.4, 0.5) is 4.39 Å². The number of amides is 2. The minimum absolute atomic E-state index is 0.209. The molecule has 2 N–H and O–H groups in total. The van der Waals surface area contributed by atoms with Crippen molar-refractivity contribution < 1.29 is 18.7 Å². The van der Waals surface area contributed by atoms with Crippen LogP contribution in [0.2, 0.25) is 0 Å². The molecular weight excluding hydrogens is 429 g/mol. The number of para-hydroxylation sites is 1. The molecule has 4 rings (SSSR count). The van der Waals surface area contributed by atoms with Crippen molar-refractivity contribution >= 4 is 23.2 Å². The number of aromatic nitrogens is 1. The van der Waals surface area contributed by atoms with Crippen molar-refractivity contribution in [2.24, 2.45) is 0 Å². The topological polar surface area (TPSA) is 80.3 Å². The number of rotatable bonds is 7. The molecule has 8 heteroatoms. The fourth-order valence-electron chi connectivity index (χ4n) is 3.74. The molecule has 2 amide bonds. The fourth-order valence-corrected chi connectivity index (χ4v) is 4.43. The zero-order chi connectivity index (χ0) is 22.3. The van der Waals surface area contributed by atoms with Gasteiger partial charge in [0.2, 0.25) is 0 Å². The molecule has 0 aliphatic heterocycles. The molecule has 1 saturated carbocycles. The van der Waals surface area contributed by atoms with Crippen molar-refractivity contribution in [1.82, 2.24) is 15.6 Å². The maximum Gasteiger partial charge on any atom is 0.271 e. The minimum Gasteiger partial charge on any atom is -0.486 e. The van der Waals surface area contributed by atoms with Crippen molar-refractivity contribution in [1.29, 1.82) is 0 Å². The van der Waals surface area contributed by atoms with Crippen LogP contribution < -0.4 is 15.4 Å². The normalized spacial score (nSPS) is 18.0. The Morgan fingerprint density at radius 1 is 1.00 bits per heavy atom. The zero-order valence-corrected chi connectivity index (χ0v) is 18.2. The highest BCUT2D eigenvalue weighted by atomic mass is 32.1. The largest absolute Gasteiger partial charge is 0.486 e. The number of hydrogen-bond donors (Lipinski definition) is 2. The van der Waals surface area contributed by atoms with Gasteiger partial charge in [0.15, 0.2) is 0 Å². The van der Waals surface area contributed by atoms with Gasteiger partial charge in [0.1, 0.15) is 28.9 Å². The number of halogens is 1. The SMILES string of the molecule is O=C(N[C@H]1CCCC[C@@H]1NC(=O)c1csc(COc2ccccc2)n1)c1cccc(F)c1. The Morgan fingerprint density at radius 3 is 2.44 bits per heavy atom. The van der Waals surface area contributed by atoms with Gasteiger partial charge < -0.3 is 15.4 Å². The third-order valence-corrected chi connectivity index (χ3v) is 6.20. The molecule has 2 aromatic carbocycles. The molecule has 0 unspecified atom stereocenters. The highest BCUT2D eigenvalue weighted by Crippen LogP contribution is 2.21. The predicted molar refractivity (Wildman–Crippen MR) is 120 cm³/mol. The summed E-state index contributed by atoms with van der Waals surface area (Å²) in [7, 11) is 0. The summed E-state index contributed by atoms with van der Waals surface area (Å²) in [6.45, 7) is 0.289. The summed E-state index contributed by atoms with van der Waals surface area (Å²) in [5, 5.41) is 8.39. The van der Waals surface area contributed by atoms with E-state index in [0.29, 0.717) is 10.7 Å². The number of benzene rings is 2. The Balaban J connectivity index is 1.35. The van der Waals surface area contributed by atoms with Crippen molar-refractivity contribution in [2.45, 2.75) is 44.4 Å². The van der Waals surface area contributed by atoms with E-state index in [9.17, 15) is 14.0 Å². The zero-order valence-electron chi connectivity index (χ0n) is 17.4. The van der Waals surface area contributed by atoms with E-state index in [1.807, 2.05) is 30.3 Å². The summed E-state index contributed by atoms with van der Waals surface area (Å²) in [4.78, 5) is 29.7. The Bertz CT molecular complexity index is 1070. The first-order chi connectivity index (χ1) is 15.6. The maximum atomic E-state index is 13.4. The summed E-state index contributed by atoms with van der Waals surface area (Å²) in [6.07, 6.45) is 3.43. The molecule has 3 aromatic rings. The van der Waals surface area contributed by atoms with Crippen LogP contribution in [0.15, 0.2) is 60.0 Å². The lowest BCUT2D eigenvalue weighted by Crippen LogP contribution is -2.53. The Hall–Kier alpha value is -3.26. The highest BCUT2D eigenvalue weighted by Gasteiger charge is 2.29. The lowest BCUT2D eigenvalue weighted by Gasteiger charge is -2.32. The lowest BCUT2D eigenvalue weighted by molar-refractivity contribution is 0.0860. The summed E-state index contributed by atoms with van der Waals surface area (Å²) in [5.74, 6) is -0.330. The van der Waals surface area contributed by atoms with Crippen LogP contribution in [0.3, 0.4) is 0 Å². The van der Waals surface area contributed by atoms with Crippen LogP contribution in [-0.2, 0) is 6.61 Å². The van der Waals surface area contributed by atoms with Crippen LogP contribution in [0.5, 0.6) is 5.75 Å². The van der Waals surface area contributed by atoms with E-state index in [0.717, 1.165) is 31.4 Å². The quantitative estimate of drug-likeness (QED) is 0.558. The third kappa shape index (κ3) is 5.70. The standard InChI is InChI=1S/C24H24FN3O3S/c25-17-8-6-7-16(13-17)23(29)27-19-11-4-5-12-20(19)28-24(30)21-15-32-22(26-21)14-31-18-9-2-1-3-10-18/h1-3,6-10,13,15,19-20H,4-5,11-12,14H2,(H,27,29)(H,28,30)/t19-,20-/m0/s1. The van der Waals surface area contributed by atoms with E-state index in [1.165, 1.54) is 29.5 Å². The van der Waals surface area contributed by atoms with Crippen molar-refractivity contribution in [3.05, 3.63) is 82.1 Å². The van der Waals surface area contributed by atoms with Crippen LogP contribution in [0.1, 0.15) is 51.5 Å². The fraction of sp³-hybridized carbons (Fsp3) is 0.292. The average Bonchev–Trinajstić information content (AvgIpc) is 3.29. The van der Waals surface area contributed by atoms with Gasteiger partial charge in [0, 0.05) is 23.0 Å². The lowest BCUT2D eigenvalue weighted by atomic mass is 9.90. The summed E-state index contributed by atoms with van der Waals surface area (Å²) >= 11 is 1.37. The third-order valence-electron chi connectivity index (χ3n) is 5.38. The van der Waals surface area contributed by atoms with E-state index in [-0.39, 0.29) is 36.1 Å². The second-order valence-electron chi connectivity index (χ2n) is 7.68. The van der Waals surface area contributed by atoms with Crippen LogP contribution in [0, 0.1) is 5.82 Å². The molecular formula is C24H24FN3O3S. The molecule has 0 spiro atoms. The van der Waals surface area contributed by atoms with Gasteiger partial charge in [0.25, 0.3) is 11.8 Å². The molecule has 0 bridgehead atoms. The molecule has 0 saturated heterocycles. The number of ether oxygens (including phenoxy) is 1. The van der Waals surface area contributed by atoms with Gasteiger partial charge >= 0.3 is 0 Å². The summed E-state index contributed by atoms with van der Waals surface area (Å²) < 4.78 is 19.1. The first kappa shape index (κ1) is 22.0. The van der Waals surface area contributed by atoms with Crippen LogP contribution in [-0.4, -0.2) is 28.9 Å². The van der Waals surface area contributed by atoms with Gasteiger partial charge in [-0.2, -0.15) is 0 Å². The van der Waals surface area contributed by atoms with Crippen molar-refractivity contribution in [3.8, 4) is 5.75 Å². The molecule has 1 fully saturated rings. The van der Waals surface area contributed by atoms with Crippen LogP contribution in [0.25, 0.3) is 0 Å². The van der Waals surface area contributed by atoms with Gasteiger partial charge in [-0.3, -0.25) is 9.59 Å². The van der Waals surface area contributed by atoms with Gasteiger partial charge in [-0.05, 0) is 43.2 Å². The van der Waals surface area contributed by atoms with Gasteiger partial charge in [-0.1, -0.05) is 37.1 Å². The molecule has 166 valence electrons. The van der Waals surface area contributed by atoms with Gasteiger partial charge in [-0.15, -0.1) is 11.3 Å². The van der Waals surface area contributed by atoms with Crippen molar-refractivity contribution in [2.75, 3.05) is 0 Å². The van der Waals surface area contributed by atoms with E-state index in [4.69, 9.17) is 4.74 Å². The van der Waals surface area contributed by atoms with E-state index in [1.54, 1.807) is 11.4 Å². The number of nitrogens with zero attached hydrogens (tertiary/aromatic N) is 1. The molecule has 1 aromatic heterocycles. The Morgan fingerprint density at radius 2 is 1.72 bits per heavy atom. The number of hydrogen-bond acceptors (Lipinski definition) is 5. The van der Waals surface area contributed by atoms with Gasteiger partial charge in [-0.25, -0.2) is 9.37 Å². The molecule has 1 aliphatic rings. The minimum atomic E-state index is -0.457. The number of carbonyl (C=O) groups is 2. The van der Waals surface area contributed by atoms with E-state index in [2.05, 4.69) is 15.6 Å². The molecule has 6 nitrogen and oxygen atoms in total. The van der Waals surface area contributed by atoms with Crippen LogP contribution >= 0.6 is 11.3 Å². The smallest absolute Gasteiger partial charge is 0.271 e. The highest BCUT2D eigenvalue weighted by molar-refractivity contribution is 7.09. The number of nitrogens with one attached hydrogen (secondary N) is 2. The Labute approximate surface area is 189 Å². The first-order valence-electron chi connectivity index (χ1n) is 10.6. The molecule has 32 heavy (non-hydrogen) atoms. The predicted octanol–water partition coefficient (Wildman–Crippen LogP) is 4.33. The average molecular weight is 454 g/mol. The summed E-state index contributed by atoms with van der Waals surface area (Å²) in [5.41, 5.74) is 0.602. The second kappa shape index (κ2) is 10.4. The maximum absolute atomic E-state index is 13.4. The number of thiazole rings is 1. The van der Waals surface area contributed by atoms with E-state index < -0.39 is 5.82 Å². The van der Waals surface area contributed by atoms with Crippen molar-refractivity contribution in [3.63, 3.8) is 0 Å². The number of carbonyl (C=O) groups excluding carboxylic acids is 2. The molecule has 2 atom stereocenters. The van der Waals surface area contributed by atoms with E-state index >= 15 is 0 Å². The molecule has 0 radical (unpaired) electrons. The molecule has 1 aliphatic carbocycles. The second-order valence-corrected chi connectivity index (χ2v) is 8.63. The summed E-state index contributed by atoms with van der Waals surface area (Å²) in [6, 6.07) is 14.6.